The minimum absolute atomic E-state index is 0.347. The van der Waals surface area contributed by atoms with Gasteiger partial charge in [0.2, 0.25) is 0 Å². The van der Waals surface area contributed by atoms with Crippen molar-refractivity contribution in [1.82, 2.24) is 4.98 Å². The van der Waals surface area contributed by atoms with Gasteiger partial charge in [-0.05, 0) is 49.2 Å². The molecule has 0 aliphatic carbocycles. The minimum Gasteiger partial charge on any atom is -0.465 e. The second-order valence-electron chi connectivity index (χ2n) is 6.26. The van der Waals surface area contributed by atoms with Crippen LogP contribution in [-0.4, -0.2) is 49.6 Å². The lowest BCUT2D eigenvalue weighted by Crippen LogP contribution is -2.24. The Labute approximate surface area is 162 Å². The van der Waals surface area contributed by atoms with Crippen LogP contribution in [0.15, 0.2) is 42.6 Å². The topological polar surface area (TPSA) is 97.8 Å². The lowest BCUT2D eigenvalue weighted by atomic mass is 10.2. The van der Waals surface area contributed by atoms with Crippen LogP contribution in [0.5, 0.6) is 0 Å². The molecule has 1 aliphatic heterocycles. The van der Waals surface area contributed by atoms with Crippen molar-refractivity contribution in [3.63, 3.8) is 0 Å². The van der Waals surface area contributed by atoms with E-state index < -0.39 is 24.5 Å². The fourth-order valence-electron chi connectivity index (χ4n) is 2.95. The van der Waals surface area contributed by atoms with E-state index in [1.165, 1.54) is 19.2 Å². The minimum atomic E-state index is -0.591. The van der Waals surface area contributed by atoms with Gasteiger partial charge in [0.05, 0.1) is 12.7 Å². The number of esters is 2. The van der Waals surface area contributed by atoms with E-state index in [-0.39, 0.29) is 0 Å². The van der Waals surface area contributed by atoms with E-state index in [1.807, 2.05) is 4.90 Å². The summed E-state index contributed by atoms with van der Waals surface area (Å²) in [6.45, 7) is 1.27. The van der Waals surface area contributed by atoms with Gasteiger partial charge < -0.3 is 19.7 Å². The largest absolute Gasteiger partial charge is 0.465 e. The lowest BCUT2D eigenvalue weighted by molar-refractivity contribution is -0.119. The number of carbonyl (C=O) groups is 3. The zero-order valence-corrected chi connectivity index (χ0v) is 15.5. The van der Waals surface area contributed by atoms with E-state index >= 15 is 0 Å². The van der Waals surface area contributed by atoms with Crippen molar-refractivity contribution in [3.05, 3.63) is 53.7 Å². The van der Waals surface area contributed by atoms with E-state index in [1.54, 1.807) is 30.5 Å². The van der Waals surface area contributed by atoms with Crippen LogP contribution in [0.1, 0.15) is 33.6 Å². The average Bonchev–Trinajstić information content (AvgIpc) is 3.27. The van der Waals surface area contributed by atoms with E-state index in [9.17, 15) is 14.4 Å². The van der Waals surface area contributed by atoms with Crippen LogP contribution in [-0.2, 0) is 14.3 Å². The molecule has 1 amide bonds. The zero-order chi connectivity index (χ0) is 19.9. The molecule has 1 aromatic carbocycles. The highest BCUT2D eigenvalue weighted by Gasteiger charge is 2.22. The smallest absolute Gasteiger partial charge is 0.342 e. The van der Waals surface area contributed by atoms with Crippen LogP contribution in [0.25, 0.3) is 0 Å². The number of pyridine rings is 1. The predicted molar refractivity (Wildman–Crippen MR) is 102 cm³/mol. The fraction of sp³-hybridized carbons (Fsp3) is 0.300. The highest BCUT2D eigenvalue weighted by Crippen LogP contribution is 2.22. The molecule has 8 nitrogen and oxygen atoms in total. The fourth-order valence-corrected chi connectivity index (χ4v) is 2.95. The highest BCUT2D eigenvalue weighted by atomic mass is 16.5. The van der Waals surface area contributed by atoms with Gasteiger partial charge in [-0.15, -0.1) is 0 Å². The molecule has 8 heteroatoms. The molecule has 1 fully saturated rings. The van der Waals surface area contributed by atoms with Gasteiger partial charge in [0, 0.05) is 25.0 Å². The van der Waals surface area contributed by atoms with Crippen LogP contribution in [0, 0.1) is 0 Å². The number of nitrogens with one attached hydrogen (secondary N) is 1. The summed E-state index contributed by atoms with van der Waals surface area (Å²) in [4.78, 5) is 42.2. The van der Waals surface area contributed by atoms with Crippen molar-refractivity contribution in [3.8, 4) is 0 Å². The molecule has 28 heavy (non-hydrogen) atoms. The molecule has 2 heterocycles. The Kier molecular flexibility index (Phi) is 6.21. The number of anilines is 2. The monoisotopic (exact) mass is 383 g/mol. The Morgan fingerprint density at radius 3 is 2.46 bits per heavy atom. The first kappa shape index (κ1) is 19.3. The number of benzene rings is 1. The summed E-state index contributed by atoms with van der Waals surface area (Å²) < 4.78 is 9.77. The quantitative estimate of drug-likeness (QED) is 0.764. The predicted octanol–water partition coefficient (Wildman–Crippen LogP) is 2.26. The van der Waals surface area contributed by atoms with Gasteiger partial charge in [-0.3, -0.25) is 4.79 Å². The van der Waals surface area contributed by atoms with Gasteiger partial charge in [-0.1, -0.05) is 0 Å². The third-order valence-corrected chi connectivity index (χ3v) is 4.34. The summed E-state index contributed by atoms with van der Waals surface area (Å²) in [7, 11) is 1.30. The average molecular weight is 383 g/mol. The summed E-state index contributed by atoms with van der Waals surface area (Å²) >= 11 is 0. The third-order valence-electron chi connectivity index (χ3n) is 4.34. The van der Waals surface area contributed by atoms with E-state index in [4.69, 9.17) is 4.74 Å². The Bertz CT molecular complexity index is 860. The van der Waals surface area contributed by atoms with Gasteiger partial charge in [0.1, 0.15) is 11.4 Å². The molecule has 0 unspecified atom stereocenters. The van der Waals surface area contributed by atoms with Crippen LogP contribution in [0.2, 0.25) is 0 Å². The van der Waals surface area contributed by atoms with Gasteiger partial charge in [0.25, 0.3) is 5.91 Å². The number of amides is 1. The van der Waals surface area contributed by atoms with Crippen LogP contribution in [0.4, 0.5) is 11.5 Å². The van der Waals surface area contributed by atoms with Gasteiger partial charge in [-0.25, -0.2) is 14.6 Å². The SMILES string of the molecule is COC(=O)c1ccc(NC(=O)COC(=O)c2cccnc2N2CCCC2)cc1. The molecule has 1 aromatic heterocycles. The third kappa shape index (κ3) is 4.64. The van der Waals surface area contributed by atoms with E-state index in [2.05, 4.69) is 15.0 Å². The summed E-state index contributed by atoms with van der Waals surface area (Å²) in [5.41, 5.74) is 1.20. The van der Waals surface area contributed by atoms with Crippen molar-refractivity contribution < 1.29 is 23.9 Å². The summed E-state index contributed by atoms with van der Waals surface area (Å²) in [6, 6.07) is 9.51. The van der Waals surface area contributed by atoms with Crippen LogP contribution >= 0.6 is 0 Å². The molecule has 1 saturated heterocycles. The number of nitrogens with zero attached hydrogens (tertiary/aromatic N) is 2. The van der Waals surface area contributed by atoms with Crippen molar-refractivity contribution in [1.29, 1.82) is 0 Å². The zero-order valence-electron chi connectivity index (χ0n) is 15.5. The van der Waals surface area contributed by atoms with Crippen molar-refractivity contribution in [2.45, 2.75) is 12.8 Å². The maximum Gasteiger partial charge on any atom is 0.342 e. The number of rotatable bonds is 6. The first-order valence-corrected chi connectivity index (χ1v) is 8.94. The second-order valence-corrected chi connectivity index (χ2v) is 6.26. The van der Waals surface area contributed by atoms with E-state index in [0.717, 1.165) is 25.9 Å². The molecule has 2 aromatic rings. The number of ether oxygens (including phenoxy) is 2. The molecular weight excluding hydrogens is 362 g/mol. The van der Waals surface area contributed by atoms with E-state index in [0.29, 0.717) is 22.6 Å². The summed E-state index contributed by atoms with van der Waals surface area (Å²) in [5, 5.41) is 2.61. The van der Waals surface area contributed by atoms with Crippen molar-refractivity contribution >= 4 is 29.4 Å². The second kappa shape index (κ2) is 8.98. The molecule has 0 radical (unpaired) electrons. The number of carbonyl (C=O) groups excluding carboxylic acids is 3. The molecule has 0 saturated carbocycles. The van der Waals surface area contributed by atoms with Crippen LogP contribution < -0.4 is 10.2 Å². The maximum atomic E-state index is 12.4. The van der Waals surface area contributed by atoms with Gasteiger partial charge >= 0.3 is 11.9 Å². The number of hydrogen-bond donors (Lipinski definition) is 1. The lowest BCUT2D eigenvalue weighted by Gasteiger charge is -2.18. The number of hydrogen-bond acceptors (Lipinski definition) is 7. The van der Waals surface area contributed by atoms with Crippen LogP contribution in [0.3, 0.4) is 0 Å². The Morgan fingerprint density at radius 1 is 1.07 bits per heavy atom. The maximum absolute atomic E-state index is 12.4. The molecule has 0 spiro atoms. The molecule has 1 N–H and O–H groups in total. The first-order valence-electron chi connectivity index (χ1n) is 8.94. The standard InChI is InChI=1S/C20H21N3O5/c1-27-19(25)14-6-8-15(9-7-14)22-17(24)13-28-20(26)16-5-4-10-21-18(16)23-11-2-3-12-23/h4-10H,2-3,11-13H2,1H3,(H,22,24). The molecule has 3 rings (SSSR count). The van der Waals surface area contributed by atoms with Gasteiger partial charge in [0.15, 0.2) is 6.61 Å². The highest BCUT2D eigenvalue weighted by molar-refractivity contribution is 5.98. The Hall–Kier alpha value is -3.42. The van der Waals surface area contributed by atoms with Crippen molar-refractivity contribution in [2.75, 3.05) is 37.0 Å². The Balaban J connectivity index is 1.56. The van der Waals surface area contributed by atoms with Gasteiger partial charge in [-0.2, -0.15) is 0 Å². The summed E-state index contributed by atoms with van der Waals surface area (Å²) in [5.74, 6) is -0.946. The molecule has 0 bridgehead atoms. The van der Waals surface area contributed by atoms with Crippen molar-refractivity contribution in [2.24, 2.45) is 0 Å². The molecular formula is C20H21N3O5. The molecule has 0 atom stereocenters. The first-order chi connectivity index (χ1) is 13.6. The normalized spacial score (nSPS) is 13.1. The molecule has 146 valence electrons. The number of aromatic nitrogens is 1. The summed E-state index contributed by atoms with van der Waals surface area (Å²) in [6.07, 6.45) is 3.75. The number of methoxy groups -OCH3 is 1. The Morgan fingerprint density at radius 2 is 1.79 bits per heavy atom. The molecule has 1 aliphatic rings.